The van der Waals surface area contributed by atoms with Gasteiger partial charge in [-0.1, -0.05) is 47.1 Å². The van der Waals surface area contributed by atoms with Crippen molar-refractivity contribution < 1.29 is 55.2 Å². The van der Waals surface area contributed by atoms with Crippen molar-refractivity contribution in [2.24, 2.45) is 0 Å². The second kappa shape index (κ2) is 15.5. The zero-order chi connectivity index (χ0) is 11.4. The molecule has 0 saturated carbocycles. The first-order valence-electron chi connectivity index (χ1n) is 5.28. The summed E-state index contributed by atoms with van der Waals surface area (Å²) in [6.07, 6.45) is 5.76. The van der Waals surface area contributed by atoms with Crippen molar-refractivity contribution in [1.29, 1.82) is 0 Å². The van der Waals surface area contributed by atoms with E-state index >= 15 is 0 Å². The third kappa shape index (κ3) is 31.3. The van der Waals surface area contributed by atoms with E-state index in [1.807, 2.05) is 6.92 Å². The van der Waals surface area contributed by atoms with Gasteiger partial charge >= 0.3 is 40.8 Å². The van der Waals surface area contributed by atoms with Crippen molar-refractivity contribution in [2.75, 3.05) is 6.16 Å². The predicted molar refractivity (Wildman–Crippen MR) is 56.9 cm³/mol. The van der Waals surface area contributed by atoms with E-state index in [1.165, 1.54) is 12.8 Å². The van der Waals surface area contributed by atoms with Gasteiger partial charge in [0.2, 0.25) is 0 Å². The molecule has 3 nitrogen and oxygen atoms in total. The first kappa shape index (κ1) is 21.8. The molecule has 0 spiro atoms. The van der Waals surface area contributed by atoms with Crippen LogP contribution in [0.3, 0.4) is 0 Å². The van der Waals surface area contributed by atoms with Crippen molar-refractivity contribution in [3.8, 4) is 0 Å². The largest absolute Gasteiger partial charge is 3.00 e. The summed E-state index contributed by atoms with van der Waals surface area (Å²) in [5.74, 6) is 0. The smallest absolute Gasteiger partial charge is 0.811 e. The van der Waals surface area contributed by atoms with Crippen molar-refractivity contribution in [2.45, 2.75) is 52.4 Å². The molecular weight excluding hydrogens is 343 g/mol. The maximum Gasteiger partial charge on any atom is 3.00 e. The Morgan fingerprint density at radius 2 is 1.53 bits per heavy atom. The van der Waals surface area contributed by atoms with E-state index in [0.29, 0.717) is 6.42 Å². The van der Waals surface area contributed by atoms with Crippen LogP contribution in [0.4, 0.5) is 0 Å². The topological polar surface area (TPSA) is 63.2 Å². The first-order valence-corrected chi connectivity index (χ1v) is 7.01. The molecule has 0 aliphatic heterocycles. The van der Waals surface area contributed by atoms with Gasteiger partial charge in [-0.3, -0.25) is 0 Å². The molecule has 0 aliphatic carbocycles. The molecule has 0 aliphatic rings. The van der Waals surface area contributed by atoms with E-state index in [-0.39, 0.29) is 47.0 Å². The third-order valence-corrected chi connectivity index (χ3v) is 2.50. The van der Waals surface area contributed by atoms with Gasteiger partial charge in [-0.05, 0) is 12.6 Å². The minimum absolute atomic E-state index is 0. The van der Waals surface area contributed by atoms with Crippen LogP contribution in [0.1, 0.15) is 52.4 Å². The number of rotatable bonds is 6. The van der Waals surface area contributed by atoms with Gasteiger partial charge in [0.15, 0.2) is 0 Å². The van der Waals surface area contributed by atoms with Crippen LogP contribution < -0.4 is 9.79 Å². The molecule has 0 bridgehead atoms. The summed E-state index contributed by atoms with van der Waals surface area (Å²) in [4.78, 5) is 20.0. The van der Waals surface area contributed by atoms with E-state index in [2.05, 4.69) is 13.8 Å². The fraction of sp³-hybridized carbons (Fsp3) is 0.900. The Bertz CT molecular complexity index is 146. The zero-order valence-electron chi connectivity index (χ0n) is 9.83. The third-order valence-electron chi connectivity index (χ3n) is 1.64. The minimum Gasteiger partial charge on any atom is -0.811 e. The van der Waals surface area contributed by atoms with E-state index in [9.17, 15) is 14.4 Å². The fourth-order valence-corrected chi connectivity index (χ4v) is 1.42. The molecule has 0 aromatic heterocycles. The van der Waals surface area contributed by atoms with Crippen LogP contribution in [-0.2, 0) is 4.57 Å². The van der Waals surface area contributed by atoms with Crippen LogP contribution in [-0.4, -0.2) is 6.16 Å². The Morgan fingerprint density at radius 3 is 1.73 bits per heavy atom. The Balaban J connectivity index is -0.000000208. The molecule has 0 fully saturated rings. The fourth-order valence-electron chi connectivity index (χ4n) is 0.805. The number of hydrogen-bond donors (Lipinski definition) is 0. The molecule has 0 aromatic rings. The first-order chi connectivity index (χ1) is 6.47. The second-order valence-corrected chi connectivity index (χ2v) is 4.92. The van der Waals surface area contributed by atoms with E-state index in [4.69, 9.17) is 0 Å². The molecule has 0 unspecified atom stereocenters. The van der Waals surface area contributed by atoms with Crippen LogP contribution in [0.2, 0.25) is 0 Å². The van der Waals surface area contributed by atoms with Gasteiger partial charge in [0.25, 0.3) is 0 Å². The van der Waals surface area contributed by atoms with Gasteiger partial charge in [-0.2, -0.15) is 6.42 Å². The van der Waals surface area contributed by atoms with Crippen LogP contribution in [0.15, 0.2) is 0 Å². The Labute approximate surface area is 127 Å². The van der Waals surface area contributed by atoms with Crippen molar-refractivity contribution >= 4 is 7.60 Å². The van der Waals surface area contributed by atoms with Gasteiger partial charge in [-0.15, -0.1) is 0 Å². The molecule has 1 radical (unpaired) electrons. The minimum atomic E-state index is -4.20. The molecular formula is C10H22NdO3P. The SMILES string of the molecule is CCCCCP(=O)([O-])[O-].[CH2-]CCCC.[Nd+3]. The van der Waals surface area contributed by atoms with Gasteiger partial charge in [0.05, 0.1) is 0 Å². The standard InChI is InChI=1S/C5H13O3P.C5H11.Nd/c1-2-3-4-5-9(6,7)8;1-3-5-4-2;/h2-5H2,1H3,(H2,6,7,8);1,3-5H2,2H3;/q;-1;+3/p-2. The van der Waals surface area contributed by atoms with Crippen LogP contribution in [0, 0.1) is 47.8 Å². The number of unbranched alkanes of at least 4 members (excludes halogenated alkanes) is 4. The average Bonchev–Trinajstić information content (AvgIpc) is 2.05. The molecule has 0 atom stereocenters. The summed E-state index contributed by atoms with van der Waals surface area (Å²) in [7, 11) is -4.20. The predicted octanol–water partition coefficient (Wildman–Crippen LogP) is 2.10. The molecule has 0 amide bonds. The second-order valence-electron chi connectivity index (χ2n) is 3.25. The van der Waals surface area contributed by atoms with Crippen molar-refractivity contribution in [3.63, 3.8) is 0 Å². The summed E-state index contributed by atoms with van der Waals surface area (Å²) in [6.45, 7) is 7.81. The molecule has 0 N–H and O–H groups in total. The molecule has 0 rings (SSSR count). The molecule has 0 saturated heterocycles. The van der Waals surface area contributed by atoms with Crippen LogP contribution in [0.25, 0.3) is 0 Å². The summed E-state index contributed by atoms with van der Waals surface area (Å²) in [5.41, 5.74) is 0. The molecule has 0 aromatic carbocycles. The summed E-state index contributed by atoms with van der Waals surface area (Å²) in [6, 6.07) is 0. The number of hydrogen-bond acceptors (Lipinski definition) is 3. The molecule has 89 valence electrons. The average molecular weight is 365 g/mol. The summed E-state index contributed by atoms with van der Waals surface area (Å²) < 4.78 is 9.98. The van der Waals surface area contributed by atoms with Gasteiger partial charge < -0.3 is 21.3 Å². The maximum absolute atomic E-state index is 9.98. The quantitative estimate of drug-likeness (QED) is 0.411. The summed E-state index contributed by atoms with van der Waals surface area (Å²) >= 11 is 0. The van der Waals surface area contributed by atoms with Gasteiger partial charge in [0, 0.05) is 0 Å². The molecule has 15 heavy (non-hydrogen) atoms. The molecule has 0 heterocycles. The summed E-state index contributed by atoms with van der Waals surface area (Å²) in [5, 5.41) is 0. The van der Waals surface area contributed by atoms with E-state index in [1.54, 1.807) is 0 Å². The van der Waals surface area contributed by atoms with Crippen LogP contribution >= 0.6 is 7.60 Å². The monoisotopic (exact) mass is 363 g/mol. The van der Waals surface area contributed by atoms with Gasteiger partial charge in [-0.25, -0.2) is 0 Å². The van der Waals surface area contributed by atoms with E-state index < -0.39 is 7.60 Å². The zero-order valence-corrected chi connectivity index (χ0v) is 13.9. The van der Waals surface area contributed by atoms with Crippen molar-refractivity contribution in [3.05, 3.63) is 6.92 Å². The maximum atomic E-state index is 9.98. The Morgan fingerprint density at radius 1 is 1.07 bits per heavy atom. The normalized spacial score (nSPS) is 9.93. The Kier molecular flexibility index (Phi) is 22.5. The van der Waals surface area contributed by atoms with Crippen LogP contribution in [0.5, 0.6) is 0 Å². The molecule has 5 heteroatoms. The Hall–Kier alpha value is 1.50. The van der Waals surface area contributed by atoms with E-state index in [0.717, 1.165) is 19.3 Å². The van der Waals surface area contributed by atoms with Gasteiger partial charge in [0.1, 0.15) is 0 Å². The van der Waals surface area contributed by atoms with Crippen molar-refractivity contribution in [1.82, 2.24) is 0 Å².